The highest BCUT2D eigenvalue weighted by Gasteiger charge is 2.30. The number of aliphatic imine (C=N–C) groups is 1. The lowest BCUT2D eigenvalue weighted by atomic mass is 10.1. The van der Waals surface area contributed by atoms with Gasteiger partial charge < -0.3 is 20.5 Å². The minimum atomic E-state index is -0.836. The maximum Gasteiger partial charge on any atom is 0.191 e. The zero-order valence-corrected chi connectivity index (χ0v) is 17.1. The van der Waals surface area contributed by atoms with Gasteiger partial charge in [-0.2, -0.15) is 0 Å². The standard InChI is InChI=1S/C19H39N5O2/c1-5-20-18(21-8-9-24(16(2)3)17-6-7-17)22-14-19(4,25)15-23-10-12-26-13-11-23/h16-17,25H,5-15H2,1-4H3,(H2,20,21,22). The van der Waals surface area contributed by atoms with Gasteiger partial charge in [-0.25, -0.2) is 0 Å². The van der Waals surface area contributed by atoms with Crippen LogP contribution in [0.4, 0.5) is 0 Å². The Morgan fingerprint density at radius 3 is 2.58 bits per heavy atom. The van der Waals surface area contributed by atoms with Crippen LogP contribution in [0.3, 0.4) is 0 Å². The van der Waals surface area contributed by atoms with Crippen LogP contribution in [-0.4, -0.2) is 97.6 Å². The van der Waals surface area contributed by atoms with E-state index in [9.17, 15) is 5.11 Å². The summed E-state index contributed by atoms with van der Waals surface area (Å²) in [7, 11) is 0. The predicted molar refractivity (Wildman–Crippen MR) is 107 cm³/mol. The summed E-state index contributed by atoms with van der Waals surface area (Å²) in [5.41, 5.74) is -0.836. The van der Waals surface area contributed by atoms with Crippen molar-refractivity contribution in [1.82, 2.24) is 20.4 Å². The van der Waals surface area contributed by atoms with E-state index in [2.05, 4.69) is 46.2 Å². The Balaban J connectivity index is 1.78. The van der Waals surface area contributed by atoms with Crippen LogP contribution < -0.4 is 10.6 Å². The van der Waals surface area contributed by atoms with Gasteiger partial charge in [0.25, 0.3) is 0 Å². The van der Waals surface area contributed by atoms with Crippen molar-refractivity contribution in [3.05, 3.63) is 0 Å². The molecule has 1 saturated heterocycles. The van der Waals surface area contributed by atoms with E-state index < -0.39 is 5.60 Å². The summed E-state index contributed by atoms with van der Waals surface area (Å²) in [4.78, 5) is 9.43. The topological polar surface area (TPSA) is 72.4 Å². The van der Waals surface area contributed by atoms with E-state index >= 15 is 0 Å². The molecular formula is C19H39N5O2. The predicted octanol–water partition coefficient (Wildman–Crippen LogP) is 0.498. The fourth-order valence-corrected chi connectivity index (χ4v) is 3.45. The maximum absolute atomic E-state index is 10.7. The highest BCUT2D eigenvalue weighted by Crippen LogP contribution is 2.27. The summed E-state index contributed by atoms with van der Waals surface area (Å²) >= 11 is 0. The number of guanidine groups is 1. The van der Waals surface area contributed by atoms with Crippen LogP contribution in [0, 0.1) is 0 Å². The van der Waals surface area contributed by atoms with E-state index in [1.54, 1.807) is 0 Å². The van der Waals surface area contributed by atoms with Crippen LogP contribution in [-0.2, 0) is 4.74 Å². The van der Waals surface area contributed by atoms with Gasteiger partial charge in [0.05, 0.1) is 25.4 Å². The largest absolute Gasteiger partial charge is 0.387 e. The van der Waals surface area contributed by atoms with E-state index in [4.69, 9.17) is 4.74 Å². The first-order chi connectivity index (χ1) is 12.4. The minimum absolute atomic E-state index is 0.385. The molecule has 3 N–H and O–H groups in total. The van der Waals surface area contributed by atoms with Crippen LogP contribution in [0.5, 0.6) is 0 Å². The van der Waals surface area contributed by atoms with Crippen molar-refractivity contribution >= 4 is 5.96 Å². The molecule has 7 heteroatoms. The number of morpholine rings is 1. The van der Waals surface area contributed by atoms with Gasteiger partial charge in [0.15, 0.2) is 5.96 Å². The van der Waals surface area contributed by atoms with Crippen LogP contribution in [0.2, 0.25) is 0 Å². The van der Waals surface area contributed by atoms with Crippen molar-refractivity contribution in [3.8, 4) is 0 Å². The summed E-state index contributed by atoms with van der Waals surface area (Å²) in [6.07, 6.45) is 2.66. The lowest BCUT2D eigenvalue weighted by Gasteiger charge is -2.33. The molecule has 1 aliphatic carbocycles. The van der Waals surface area contributed by atoms with E-state index in [1.165, 1.54) is 12.8 Å². The van der Waals surface area contributed by atoms with Gasteiger partial charge in [-0.15, -0.1) is 0 Å². The average Bonchev–Trinajstić information content (AvgIpc) is 3.41. The Bertz CT molecular complexity index is 430. The Hall–Kier alpha value is -0.890. The van der Waals surface area contributed by atoms with Crippen molar-refractivity contribution < 1.29 is 9.84 Å². The van der Waals surface area contributed by atoms with Gasteiger partial charge in [-0.1, -0.05) is 0 Å². The molecule has 1 atom stereocenters. The zero-order valence-electron chi connectivity index (χ0n) is 17.1. The molecule has 2 fully saturated rings. The minimum Gasteiger partial charge on any atom is -0.387 e. The SMILES string of the molecule is CCNC(=NCC(C)(O)CN1CCOCC1)NCCN(C(C)C)C1CC1. The lowest BCUT2D eigenvalue weighted by molar-refractivity contribution is -0.0179. The Morgan fingerprint density at radius 1 is 1.31 bits per heavy atom. The molecule has 2 aliphatic rings. The molecular weight excluding hydrogens is 330 g/mol. The van der Waals surface area contributed by atoms with Crippen LogP contribution >= 0.6 is 0 Å². The molecule has 0 radical (unpaired) electrons. The number of aliphatic hydroxyl groups is 1. The number of β-amino-alcohol motifs (C(OH)–C–C–N with tert-alkyl or cyclic N) is 1. The summed E-state index contributed by atoms with van der Waals surface area (Å²) in [6, 6.07) is 1.35. The molecule has 1 aliphatic heterocycles. The molecule has 1 heterocycles. The quantitative estimate of drug-likeness (QED) is 0.385. The van der Waals surface area contributed by atoms with E-state index in [0.29, 0.717) is 19.1 Å². The zero-order chi connectivity index (χ0) is 19.0. The van der Waals surface area contributed by atoms with Crippen LogP contribution in [0.15, 0.2) is 4.99 Å². The highest BCUT2D eigenvalue weighted by molar-refractivity contribution is 5.79. The molecule has 2 rings (SSSR count). The molecule has 1 unspecified atom stereocenters. The first kappa shape index (κ1) is 21.4. The summed E-state index contributed by atoms with van der Waals surface area (Å²) in [6.45, 7) is 15.4. The van der Waals surface area contributed by atoms with E-state index in [1.807, 2.05) is 6.92 Å². The molecule has 0 bridgehead atoms. The molecule has 0 aromatic carbocycles. The molecule has 1 saturated carbocycles. The Kier molecular flexibility index (Phi) is 8.60. The molecule has 0 amide bonds. The van der Waals surface area contributed by atoms with Crippen molar-refractivity contribution in [1.29, 1.82) is 0 Å². The first-order valence-corrected chi connectivity index (χ1v) is 10.2. The molecule has 26 heavy (non-hydrogen) atoms. The first-order valence-electron chi connectivity index (χ1n) is 10.2. The van der Waals surface area contributed by atoms with Crippen LogP contribution in [0.1, 0.15) is 40.5 Å². The number of rotatable bonds is 10. The van der Waals surface area contributed by atoms with Gasteiger partial charge in [0.1, 0.15) is 0 Å². The molecule has 152 valence electrons. The van der Waals surface area contributed by atoms with Crippen LogP contribution in [0.25, 0.3) is 0 Å². The fraction of sp³-hybridized carbons (Fsp3) is 0.947. The molecule has 0 aromatic rings. The van der Waals surface area contributed by atoms with Gasteiger partial charge in [0.2, 0.25) is 0 Å². The van der Waals surface area contributed by atoms with E-state index in [0.717, 1.165) is 57.9 Å². The summed E-state index contributed by atoms with van der Waals surface area (Å²) in [5.74, 6) is 0.786. The second-order valence-electron chi connectivity index (χ2n) is 8.07. The monoisotopic (exact) mass is 369 g/mol. The highest BCUT2D eigenvalue weighted by atomic mass is 16.5. The lowest BCUT2D eigenvalue weighted by Crippen LogP contribution is -2.48. The van der Waals surface area contributed by atoms with Gasteiger partial charge in [-0.3, -0.25) is 14.8 Å². The smallest absolute Gasteiger partial charge is 0.191 e. The van der Waals surface area contributed by atoms with Crippen molar-refractivity contribution in [3.63, 3.8) is 0 Å². The number of ether oxygens (including phenoxy) is 1. The second kappa shape index (κ2) is 10.4. The summed E-state index contributed by atoms with van der Waals surface area (Å²) in [5, 5.41) is 17.4. The maximum atomic E-state index is 10.7. The van der Waals surface area contributed by atoms with Crippen molar-refractivity contribution in [2.75, 3.05) is 59.0 Å². The molecule has 0 spiro atoms. The molecule has 7 nitrogen and oxygen atoms in total. The van der Waals surface area contributed by atoms with Gasteiger partial charge in [0, 0.05) is 51.4 Å². The number of hydrogen-bond donors (Lipinski definition) is 3. The normalized spacial score (nSPS) is 21.9. The number of hydrogen-bond acceptors (Lipinski definition) is 5. The fourth-order valence-electron chi connectivity index (χ4n) is 3.45. The van der Waals surface area contributed by atoms with Crippen molar-refractivity contribution in [2.24, 2.45) is 4.99 Å². The number of nitrogens with zero attached hydrogens (tertiary/aromatic N) is 3. The van der Waals surface area contributed by atoms with Gasteiger partial charge >= 0.3 is 0 Å². The third kappa shape index (κ3) is 7.78. The summed E-state index contributed by atoms with van der Waals surface area (Å²) < 4.78 is 5.37. The second-order valence-corrected chi connectivity index (χ2v) is 8.07. The van der Waals surface area contributed by atoms with Crippen molar-refractivity contribution in [2.45, 2.75) is 58.2 Å². The van der Waals surface area contributed by atoms with E-state index in [-0.39, 0.29) is 0 Å². The third-order valence-corrected chi connectivity index (χ3v) is 4.93. The Morgan fingerprint density at radius 2 is 2.00 bits per heavy atom. The average molecular weight is 370 g/mol. The van der Waals surface area contributed by atoms with Gasteiger partial charge in [-0.05, 0) is 40.5 Å². The third-order valence-electron chi connectivity index (χ3n) is 4.93. The molecule has 0 aromatic heterocycles. The Labute approximate surface area is 159 Å². The number of nitrogens with one attached hydrogen (secondary N) is 2.